The van der Waals surface area contributed by atoms with Gasteiger partial charge in [-0.05, 0) is 68.1 Å². The Morgan fingerprint density at radius 2 is 2.09 bits per heavy atom. The lowest BCUT2D eigenvalue weighted by Crippen LogP contribution is -2.36. The molecule has 1 saturated heterocycles. The first-order chi connectivity index (χ1) is 15.7. The SMILES string of the molecule is CN(CCc1ccccn1)C(=O)CC[C@@H]1CCCN(Cc2cccn2-c2cccnc2)C1. The Morgan fingerprint density at radius 3 is 2.91 bits per heavy atom. The maximum atomic E-state index is 12.6. The molecule has 3 aromatic heterocycles. The zero-order chi connectivity index (χ0) is 22.2. The van der Waals surface area contributed by atoms with Gasteiger partial charge in [0, 0.05) is 69.5 Å². The van der Waals surface area contributed by atoms with Crippen LogP contribution in [-0.2, 0) is 17.8 Å². The van der Waals surface area contributed by atoms with Crippen molar-refractivity contribution in [3.8, 4) is 5.69 Å². The second-order valence-corrected chi connectivity index (χ2v) is 8.75. The van der Waals surface area contributed by atoms with Crippen molar-refractivity contribution in [1.82, 2.24) is 24.3 Å². The highest BCUT2D eigenvalue weighted by atomic mass is 16.2. The van der Waals surface area contributed by atoms with Gasteiger partial charge in [-0.1, -0.05) is 6.07 Å². The molecular weight excluding hydrogens is 398 g/mol. The smallest absolute Gasteiger partial charge is 0.222 e. The number of rotatable bonds is 9. The molecule has 0 aromatic carbocycles. The third-order valence-electron chi connectivity index (χ3n) is 6.37. The van der Waals surface area contributed by atoms with E-state index < -0.39 is 0 Å². The zero-order valence-electron chi connectivity index (χ0n) is 18.9. The van der Waals surface area contributed by atoms with Crippen LogP contribution < -0.4 is 0 Å². The van der Waals surface area contributed by atoms with E-state index in [2.05, 4.69) is 43.8 Å². The van der Waals surface area contributed by atoms with Gasteiger partial charge in [-0.15, -0.1) is 0 Å². The van der Waals surface area contributed by atoms with Crippen LogP contribution in [-0.4, -0.2) is 56.9 Å². The van der Waals surface area contributed by atoms with E-state index in [9.17, 15) is 4.79 Å². The Hall–Kier alpha value is -2.99. The van der Waals surface area contributed by atoms with Crippen LogP contribution in [0.2, 0.25) is 0 Å². The average molecular weight is 432 g/mol. The first-order valence-corrected chi connectivity index (χ1v) is 11.6. The van der Waals surface area contributed by atoms with E-state index in [1.807, 2.05) is 42.4 Å². The third-order valence-corrected chi connectivity index (χ3v) is 6.37. The van der Waals surface area contributed by atoms with Gasteiger partial charge in [0.2, 0.25) is 5.91 Å². The second kappa shape index (κ2) is 11.0. The Kier molecular flexibility index (Phi) is 7.67. The fourth-order valence-electron chi connectivity index (χ4n) is 4.52. The largest absolute Gasteiger partial charge is 0.345 e. The quantitative estimate of drug-likeness (QED) is 0.515. The predicted octanol–water partition coefficient (Wildman–Crippen LogP) is 3.96. The first kappa shape index (κ1) is 22.2. The molecule has 1 amide bonds. The number of likely N-dealkylation sites (N-methyl/N-ethyl adjacent to an activating group) is 1. The summed E-state index contributed by atoms with van der Waals surface area (Å²) in [6.45, 7) is 3.82. The molecule has 32 heavy (non-hydrogen) atoms. The van der Waals surface area contributed by atoms with Gasteiger partial charge in [0.15, 0.2) is 0 Å². The van der Waals surface area contributed by atoms with E-state index in [1.165, 1.54) is 18.5 Å². The van der Waals surface area contributed by atoms with Crippen molar-refractivity contribution in [2.24, 2.45) is 5.92 Å². The van der Waals surface area contributed by atoms with Crippen LogP contribution in [0.25, 0.3) is 5.69 Å². The molecular formula is C26H33N5O. The standard InChI is InChI=1S/C26H33N5O/c1-29(18-13-23-8-2-3-15-28-23)26(32)12-11-22-7-5-16-30(20-22)21-25-10-6-17-31(25)24-9-4-14-27-19-24/h2-4,6,8-10,14-15,17,19,22H,5,7,11-13,16,18,20-21H2,1H3/t22-/m0/s1. The summed E-state index contributed by atoms with van der Waals surface area (Å²) >= 11 is 0. The summed E-state index contributed by atoms with van der Waals surface area (Å²) in [6.07, 6.45) is 12.4. The van der Waals surface area contributed by atoms with E-state index in [4.69, 9.17) is 0 Å². The highest BCUT2D eigenvalue weighted by Crippen LogP contribution is 2.23. The van der Waals surface area contributed by atoms with Crippen molar-refractivity contribution in [3.05, 3.63) is 78.6 Å². The zero-order valence-corrected chi connectivity index (χ0v) is 18.9. The van der Waals surface area contributed by atoms with Gasteiger partial charge < -0.3 is 9.47 Å². The molecule has 4 heterocycles. The van der Waals surface area contributed by atoms with Crippen LogP contribution in [0.3, 0.4) is 0 Å². The van der Waals surface area contributed by atoms with Crippen molar-refractivity contribution in [2.45, 2.75) is 38.6 Å². The lowest BCUT2D eigenvalue weighted by atomic mass is 9.93. The van der Waals surface area contributed by atoms with Crippen molar-refractivity contribution in [1.29, 1.82) is 0 Å². The molecule has 0 N–H and O–H groups in total. The predicted molar refractivity (Wildman–Crippen MR) is 126 cm³/mol. The topological polar surface area (TPSA) is 54.3 Å². The number of hydrogen-bond donors (Lipinski definition) is 0. The van der Waals surface area contributed by atoms with Crippen molar-refractivity contribution in [3.63, 3.8) is 0 Å². The first-order valence-electron chi connectivity index (χ1n) is 11.6. The van der Waals surface area contributed by atoms with Crippen LogP contribution in [0, 0.1) is 5.92 Å². The van der Waals surface area contributed by atoms with Crippen LogP contribution in [0.1, 0.15) is 37.1 Å². The maximum absolute atomic E-state index is 12.6. The molecule has 168 valence electrons. The van der Waals surface area contributed by atoms with Gasteiger partial charge in [0.25, 0.3) is 0 Å². The van der Waals surface area contributed by atoms with Gasteiger partial charge in [-0.2, -0.15) is 0 Å². The summed E-state index contributed by atoms with van der Waals surface area (Å²) in [5.41, 5.74) is 3.41. The molecule has 4 rings (SSSR count). The number of carbonyl (C=O) groups is 1. The number of amides is 1. The summed E-state index contributed by atoms with van der Waals surface area (Å²) in [7, 11) is 1.91. The van der Waals surface area contributed by atoms with Gasteiger partial charge >= 0.3 is 0 Å². The van der Waals surface area contributed by atoms with Gasteiger partial charge in [0.1, 0.15) is 0 Å². The Morgan fingerprint density at radius 1 is 1.16 bits per heavy atom. The molecule has 0 radical (unpaired) electrons. The number of piperidine rings is 1. The molecule has 1 aliphatic rings. The average Bonchev–Trinajstić information content (AvgIpc) is 3.30. The number of aromatic nitrogens is 3. The molecule has 6 heteroatoms. The minimum atomic E-state index is 0.239. The number of hydrogen-bond acceptors (Lipinski definition) is 4. The van der Waals surface area contributed by atoms with Crippen LogP contribution in [0.15, 0.2) is 67.3 Å². The van der Waals surface area contributed by atoms with Gasteiger partial charge in [-0.25, -0.2) is 0 Å². The number of pyridine rings is 2. The Bertz CT molecular complexity index is 972. The Labute approximate surface area is 190 Å². The molecule has 1 fully saturated rings. The van der Waals surface area contributed by atoms with Crippen LogP contribution >= 0.6 is 0 Å². The molecule has 0 spiro atoms. The molecule has 0 aliphatic carbocycles. The van der Waals surface area contributed by atoms with Crippen molar-refractivity contribution in [2.75, 3.05) is 26.7 Å². The number of likely N-dealkylation sites (tertiary alicyclic amines) is 1. The molecule has 3 aromatic rings. The van der Waals surface area contributed by atoms with E-state index in [1.54, 1.807) is 12.4 Å². The second-order valence-electron chi connectivity index (χ2n) is 8.75. The monoisotopic (exact) mass is 431 g/mol. The summed E-state index contributed by atoms with van der Waals surface area (Å²) in [5.74, 6) is 0.821. The maximum Gasteiger partial charge on any atom is 0.222 e. The molecule has 0 unspecified atom stereocenters. The van der Waals surface area contributed by atoms with Gasteiger partial charge in [-0.3, -0.25) is 19.7 Å². The van der Waals surface area contributed by atoms with Crippen LogP contribution in [0.4, 0.5) is 0 Å². The van der Waals surface area contributed by atoms with E-state index in [0.717, 1.165) is 50.4 Å². The van der Waals surface area contributed by atoms with E-state index >= 15 is 0 Å². The third kappa shape index (κ3) is 6.04. The summed E-state index contributed by atoms with van der Waals surface area (Å²) in [6, 6.07) is 14.3. The summed E-state index contributed by atoms with van der Waals surface area (Å²) in [4.78, 5) is 25.6. The fourth-order valence-corrected chi connectivity index (χ4v) is 4.52. The molecule has 1 atom stereocenters. The molecule has 0 bridgehead atoms. The van der Waals surface area contributed by atoms with Crippen molar-refractivity contribution >= 4 is 5.91 Å². The number of carbonyl (C=O) groups excluding carboxylic acids is 1. The van der Waals surface area contributed by atoms with Crippen LogP contribution in [0.5, 0.6) is 0 Å². The minimum Gasteiger partial charge on any atom is -0.345 e. The van der Waals surface area contributed by atoms with E-state index in [-0.39, 0.29) is 5.91 Å². The summed E-state index contributed by atoms with van der Waals surface area (Å²) in [5, 5.41) is 0. The lowest BCUT2D eigenvalue weighted by molar-refractivity contribution is -0.130. The molecule has 6 nitrogen and oxygen atoms in total. The summed E-state index contributed by atoms with van der Waals surface area (Å²) < 4.78 is 2.22. The normalized spacial score (nSPS) is 16.7. The van der Waals surface area contributed by atoms with Crippen molar-refractivity contribution < 1.29 is 4.79 Å². The van der Waals surface area contributed by atoms with E-state index in [0.29, 0.717) is 12.3 Å². The fraction of sp³-hybridized carbons (Fsp3) is 0.423. The Balaban J connectivity index is 1.24. The lowest BCUT2D eigenvalue weighted by Gasteiger charge is -2.33. The molecule has 1 aliphatic heterocycles. The van der Waals surface area contributed by atoms with Gasteiger partial charge in [0.05, 0.1) is 11.9 Å². The minimum absolute atomic E-state index is 0.239. The number of nitrogens with zero attached hydrogens (tertiary/aromatic N) is 5. The highest BCUT2D eigenvalue weighted by molar-refractivity contribution is 5.75. The molecule has 0 saturated carbocycles. The highest BCUT2D eigenvalue weighted by Gasteiger charge is 2.22.